The van der Waals surface area contributed by atoms with Crippen LogP contribution in [0.2, 0.25) is 0 Å². The number of carbonyl (C=O) groups excluding carboxylic acids is 2. The molecule has 2 aromatic carbocycles. The van der Waals surface area contributed by atoms with Crippen molar-refractivity contribution in [2.45, 2.75) is 26.3 Å². The lowest BCUT2D eigenvalue weighted by molar-refractivity contribution is -0.140. The minimum atomic E-state index is -0.705. The summed E-state index contributed by atoms with van der Waals surface area (Å²) in [6.07, 6.45) is 0.568. The number of rotatable bonds is 9. The van der Waals surface area contributed by atoms with E-state index in [1.165, 1.54) is 4.90 Å². The first-order valence-corrected chi connectivity index (χ1v) is 10.6. The summed E-state index contributed by atoms with van der Waals surface area (Å²) in [5, 5.41) is 11.2. The zero-order chi connectivity index (χ0) is 23.3. The molecular weight excluding hydrogens is 410 g/mol. The fourth-order valence-corrected chi connectivity index (χ4v) is 3.92. The molecule has 0 spiro atoms. The first-order valence-electron chi connectivity index (χ1n) is 10.6. The largest absolute Gasteiger partial charge is 0.507 e. The molecule has 0 aromatic heterocycles. The molecule has 170 valence electrons. The molecule has 0 unspecified atom stereocenters. The highest BCUT2D eigenvalue weighted by molar-refractivity contribution is 6.46. The van der Waals surface area contributed by atoms with Gasteiger partial charge < -0.3 is 24.2 Å². The average molecular weight is 440 g/mol. The molecule has 32 heavy (non-hydrogen) atoms. The van der Waals surface area contributed by atoms with Crippen molar-refractivity contribution in [1.29, 1.82) is 0 Å². The van der Waals surface area contributed by atoms with Crippen LogP contribution in [0.1, 0.15) is 36.1 Å². The lowest BCUT2D eigenvalue weighted by Crippen LogP contribution is -2.31. The van der Waals surface area contributed by atoms with E-state index >= 15 is 0 Å². The van der Waals surface area contributed by atoms with Crippen molar-refractivity contribution in [3.63, 3.8) is 0 Å². The summed E-state index contributed by atoms with van der Waals surface area (Å²) in [4.78, 5) is 27.5. The number of ketones is 1. The summed E-state index contributed by atoms with van der Waals surface area (Å²) >= 11 is 0. The number of aryl methyl sites for hydroxylation is 1. The molecule has 1 aliphatic heterocycles. The zero-order valence-corrected chi connectivity index (χ0v) is 18.9. The van der Waals surface area contributed by atoms with Gasteiger partial charge in [0.15, 0.2) is 0 Å². The Bertz CT molecular complexity index is 1010. The fraction of sp³-hybridized carbons (Fsp3) is 0.360. The Morgan fingerprint density at radius 2 is 1.75 bits per heavy atom. The maximum absolute atomic E-state index is 13.1. The number of hydrogen-bond acceptors (Lipinski definition) is 6. The molecule has 1 heterocycles. The third-order valence-electron chi connectivity index (χ3n) is 5.48. The van der Waals surface area contributed by atoms with Gasteiger partial charge in [-0.15, -0.1) is 0 Å². The Kier molecular flexibility index (Phi) is 7.53. The number of hydrogen-bond donors (Lipinski definition) is 1. The number of carbonyl (C=O) groups is 2. The lowest BCUT2D eigenvalue weighted by Gasteiger charge is -2.25. The molecular formula is C25H29NO6. The third-order valence-corrected chi connectivity index (χ3v) is 5.48. The van der Waals surface area contributed by atoms with Gasteiger partial charge >= 0.3 is 0 Å². The number of amides is 1. The molecule has 2 aromatic rings. The number of ether oxygens (including phenoxy) is 3. The summed E-state index contributed by atoms with van der Waals surface area (Å²) in [7, 11) is 3.15. The lowest BCUT2D eigenvalue weighted by atomic mass is 9.93. The number of nitrogens with zero attached hydrogens (tertiary/aromatic N) is 1. The van der Waals surface area contributed by atoms with Gasteiger partial charge in [0.2, 0.25) is 0 Å². The van der Waals surface area contributed by atoms with E-state index in [0.29, 0.717) is 43.2 Å². The summed E-state index contributed by atoms with van der Waals surface area (Å²) in [5.74, 6) is -0.195. The van der Waals surface area contributed by atoms with Crippen LogP contribution < -0.4 is 9.47 Å². The van der Waals surface area contributed by atoms with Gasteiger partial charge in [0, 0.05) is 25.8 Å². The zero-order valence-electron chi connectivity index (χ0n) is 18.9. The van der Waals surface area contributed by atoms with Crippen molar-refractivity contribution < 1.29 is 28.9 Å². The fourth-order valence-electron chi connectivity index (χ4n) is 3.92. The van der Waals surface area contributed by atoms with Crippen LogP contribution in [-0.4, -0.2) is 55.7 Å². The van der Waals surface area contributed by atoms with Gasteiger partial charge in [0.05, 0.1) is 25.3 Å². The van der Waals surface area contributed by atoms with Gasteiger partial charge in [0.1, 0.15) is 17.3 Å². The Morgan fingerprint density at radius 1 is 1.06 bits per heavy atom. The highest BCUT2D eigenvalue weighted by Crippen LogP contribution is 2.40. The number of aliphatic hydroxyl groups excluding tert-OH is 1. The molecule has 1 amide bonds. The van der Waals surface area contributed by atoms with Crippen LogP contribution in [0.25, 0.3) is 5.76 Å². The van der Waals surface area contributed by atoms with E-state index in [0.717, 1.165) is 11.1 Å². The van der Waals surface area contributed by atoms with Gasteiger partial charge in [-0.3, -0.25) is 9.59 Å². The number of likely N-dealkylation sites (tertiary alicyclic amines) is 1. The topological polar surface area (TPSA) is 85.3 Å². The van der Waals surface area contributed by atoms with E-state index in [1.807, 2.05) is 26.0 Å². The molecule has 0 radical (unpaired) electrons. The Balaban J connectivity index is 2.11. The highest BCUT2D eigenvalue weighted by atomic mass is 16.5. The van der Waals surface area contributed by atoms with Gasteiger partial charge in [-0.25, -0.2) is 0 Å². The second-order valence-corrected chi connectivity index (χ2v) is 7.52. The van der Waals surface area contributed by atoms with Crippen LogP contribution in [0.4, 0.5) is 0 Å². The molecule has 0 saturated carbocycles. The van der Waals surface area contributed by atoms with Crippen molar-refractivity contribution in [1.82, 2.24) is 4.90 Å². The second-order valence-electron chi connectivity index (χ2n) is 7.52. The van der Waals surface area contributed by atoms with Crippen LogP contribution in [-0.2, 0) is 14.3 Å². The maximum atomic E-state index is 13.1. The molecule has 1 saturated heterocycles. The summed E-state index contributed by atoms with van der Waals surface area (Å²) in [6.45, 7) is 5.03. The number of Topliss-reactive ketones (excluding diaryl/α,β-unsaturated/α-hetero) is 1. The van der Waals surface area contributed by atoms with Gasteiger partial charge in [-0.05, 0) is 61.7 Å². The van der Waals surface area contributed by atoms with Crippen LogP contribution in [0.15, 0.2) is 48.0 Å². The van der Waals surface area contributed by atoms with Crippen LogP contribution in [0.5, 0.6) is 11.5 Å². The van der Waals surface area contributed by atoms with Crippen molar-refractivity contribution in [2.75, 3.05) is 34.0 Å². The molecule has 7 heteroatoms. The Morgan fingerprint density at radius 3 is 2.34 bits per heavy atom. The minimum absolute atomic E-state index is 0.0739. The van der Waals surface area contributed by atoms with E-state index < -0.39 is 17.7 Å². The maximum Gasteiger partial charge on any atom is 0.295 e. The van der Waals surface area contributed by atoms with Crippen LogP contribution in [0, 0.1) is 6.92 Å². The molecule has 0 aliphatic carbocycles. The standard InChI is InChI=1S/C25H29NO6/c1-5-32-18-9-7-17(8-10-18)22-21(24(28)25(29)26(22)13-6-14-30-3)23(27)20-12-11-19(31-4)15-16(20)2/h7-12,15,22,27H,5-6,13-14H2,1-4H3/t22-/m0/s1. The monoisotopic (exact) mass is 439 g/mol. The SMILES string of the molecule is CCOc1ccc([C@H]2C(=C(O)c3ccc(OC)cc3C)C(=O)C(=O)N2CCCOC)cc1. The van der Waals surface area contributed by atoms with E-state index in [-0.39, 0.29) is 11.3 Å². The van der Waals surface area contributed by atoms with Crippen LogP contribution in [0.3, 0.4) is 0 Å². The smallest absolute Gasteiger partial charge is 0.295 e. The summed E-state index contributed by atoms with van der Waals surface area (Å²) in [6, 6.07) is 11.7. The number of benzene rings is 2. The van der Waals surface area contributed by atoms with E-state index in [9.17, 15) is 14.7 Å². The third kappa shape index (κ3) is 4.62. The van der Waals surface area contributed by atoms with Gasteiger partial charge in [-0.1, -0.05) is 12.1 Å². The van der Waals surface area contributed by atoms with E-state index in [2.05, 4.69) is 0 Å². The van der Waals surface area contributed by atoms with Gasteiger partial charge in [-0.2, -0.15) is 0 Å². The predicted molar refractivity (Wildman–Crippen MR) is 121 cm³/mol. The molecule has 1 aliphatic rings. The summed E-state index contributed by atoms with van der Waals surface area (Å²) in [5.41, 5.74) is 2.01. The van der Waals surface area contributed by atoms with Crippen molar-refractivity contribution in [3.05, 3.63) is 64.7 Å². The minimum Gasteiger partial charge on any atom is -0.507 e. The Labute approximate surface area is 188 Å². The quantitative estimate of drug-likeness (QED) is 0.276. The van der Waals surface area contributed by atoms with E-state index in [1.54, 1.807) is 44.6 Å². The molecule has 1 atom stereocenters. The normalized spacial score (nSPS) is 17.6. The molecule has 0 bridgehead atoms. The molecule has 1 N–H and O–H groups in total. The first-order chi connectivity index (χ1) is 15.4. The Hall–Kier alpha value is -3.32. The molecule has 7 nitrogen and oxygen atoms in total. The van der Waals surface area contributed by atoms with E-state index in [4.69, 9.17) is 14.2 Å². The number of methoxy groups -OCH3 is 2. The van der Waals surface area contributed by atoms with Gasteiger partial charge in [0.25, 0.3) is 11.7 Å². The van der Waals surface area contributed by atoms with Crippen molar-refractivity contribution in [2.24, 2.45) is 0 Å². The van der Waals surface area contributed by atoms with Crippen molar-refractivity contribution >= 4 is 17.4 Å². The molecule has 1 fully saturated rings. The predicted octanol–water partition coefficient (Wildman–Crippen LogP) is 3.86. The highest BCUT2D eigenvalue weighted by Gasteiger charge is 2.45. The van der Waals surface area contributed by atoms with Crippen molar-refractivity contribution in [3.8, 4) is 11.5 Å². The molecule has 3 rings (SSSR count). The first kappa shape index (κ1) is 23.3. The number of aliphatic hydroxyl groups is 1. The second kappa shape index (κ2) is 10.3. The van der Waals surface area contributed by atoms with Crippen LogP contribution >= 0.6 is 0 Å². The summed E-state index contributed by atoms with van der Waals surface area (Å²) < 4.78 is 15.9. The average Bonchev–Trinajstić information content (AvgIpc) is 3.04.